The van der Waals surface area contributed by atoms with Gasteiger partial charge in [-0.25, -0.2) is 0 Å². The van der Waals surface area contributed by atoms with Crippen molar-refractivity contribution in [3.05, 3.63) is 72.3 Å². The number of rotatable bonds is 1. The number of allylic oxidation sites excluding steroid dienone is 2. The minimum Gasteiger partial charge on any atom is -0.0851 e. The zero-order valence-electron chi connectivity index (χ0n) is 12.0. The molecular weight excluding hydrogens is 252 g/mol. The molecule has 3 atom stereocenters. The average Bonchev–Trinajstić information content (AvgIpc) is 3.15. The maximum atomic E-state index is 2.46. The van der Waals surface area contributed by atoms with E-state index in [1.165, 1.54) is 34.4 Å². The number of fused-ring (bicyclic) bond motifs is 4. The standard InChI is InChI=1S/C21H18/c1-2-5-16-13-21-17(12-15(16)4-1)6-3-7-19(21)20-11-14-8-9-18(20)10-14/h1-9,12-14,18,20H,10-11H2. The third-order valence-electron chi connectivity index (χ3n) is 5.46. The average molecular weight is 270 g/mol. The van der Waals surface area contributed by atoms with Crippen molar-refractivity contribution in [2.24, 2.45) is 11.8 Å². The molecule has 2 aliphatic rings. The summed E-state index contributed by atoms with van der Waals surface area (Å²) in [6, 6.07) is 20.3. The molecule has 0 aromatic heterocycles. The van der Waals surface area contributed by atoms with Gasteiger partial charge in [0.05, 0.1) is 0 Å². The van der Waals surface area contributed by atoms with E-state index in [-0.39, 0.29) is 0 Å². The van der Waals surface area contributed by atoms with Crippen LogP contribution < -0.4 is 0 Å². The Morgan fingerprint density at radius 1 is 0.714 bits per heavy atom. The van der Waals surface area contributed by atoms with Gasteiger partial charge in [-0.2, -0.15) is 0 Å². The second-order valence-corrected chi connectivity index (χ2v) is 6.65. The van der Waals surface area contributed by atoms with E-state index in [9.17, 15) is 0 Å². The molecule has 0 N–H and O–H groups in total. The van der Waals surface area contributed by atoms with E-state index >= 15 is 0 Å². The lowest BCUT2D eigenvalue weighted by Crippen LogP contribution is -2.05. The van der Waals surface area contributed by atoms with Crippen LogP contribution in [-0.2, 0) is 0 Å². The third kappa shape index (κ3) is 1.68. The van der Waals surface area contributed by atoms with Crippen LogP contribution in [0.15, 0.2) is 66.7 Å². The lowest BCUT2D eigenvalue weighted by Gasteiger charge is -2.20. The van der Waals surface area contributed by atoms with Crippen LogP contribution in [0, 0.1) is 11.8 Å². The quantitative estimate of drug-likeness (QED) is 0.394. The summed E-state index contributed by atoms with van der Waals surface area (Å²) in [5.74, 6) is 2.33. The number of benzene rings is 3. The van der Waals surface area contributed by atoms with Crippen LogP contribution >= 0.6 is 0 Å². The van der Waals surface area contributed by atoms with Crippen molar-refractivity contribution in [1.82, 2.24) is 0 Å². The smallest absolute Gasteiger partial charge is 0.00870 e. The predicted octanol–water partition coefficient (Wildman–Crippen LogP) is 5.67. The topological polar surface area (TPSA) is 0 Å². The van der Waals surface area contributed by atoms with E-state index in [0.29, 0.717) is 0 Å². The van der Waals surface area contributed by atoms with Gasteiger partial charge in [0.2, 0.25) is 0 Å². The van der Waals surface area contributed by atoms with E-state index in [0.717, 1.165) is 17.8 Å². The van der Waals surface area contributed by atoms with Crippen molar-refractivity contribution in [2.45, 2.75) is 18.8 Å². The van der Waals surface area contributed by atoms with Crippen LogP contribution in [0.5, 0.6) is 0 Å². The van der Waals surface area contributed by atoms with Crippen molar-refractivity contribution < 1.29 is 0 Å². The maximum Gasteiger partial charge on any atom is -0.00870 e. The Labute approximate surface area is 125 Å². The molecule has 5 rings (SSSR count). The van der Waals surface area contributed by atoms with Gasteiger partial charge in [0, 0.05) is 0 Å². The summed E-state index contributed by atoms with van der Waals surface area (Å²) in [4.78, 5) is 0. The Balaban J connectivity index is 1.76. The van der Waals surface area contributed by atoms with Gasteiger partial charge in [-0.1, -0.05) is 54.6 Å². The molecule has 102 valence electrons. The molecule has 0 spiro atoms. The normalized spacial score (nSPS) is 27.0. The van der Waals surface area contributed by atoms with Crippen molar-refractivity contribution in [3.8, 4) is 0 Å². The second kappa shape index (κ2) is 4.21. The van der Waals surface area contributed by atoms with Crippen molar-refractivity contribution >= 4 is 21.5 Å². The number of hydrogen-bond donors (Lipinski definition) is 0. The minimum atomic E-state index is 0.727. The van der Waals surface area contributed by atoms with Gasteiger partial charge in [0.1, 0.15) is 0 Å². The van der Waals surface area contributed by atoms with Gasteiger partial charge in [-0.3, -0.25) is 0 Å². The first-order valence-electron chi connectivity index (χ1n) is 7.98. The molecule has 0 radical (unpaired) electrons. The van der Waals surface area contributed by atoms with E-state index in [2.05, 4.69) is 66.7 Å². The molecule has 2 aliphatic carbocycles. The van der Waals surface area contributed by atoms with Crippen LogP contribution in [0.4, 0.5) is 0 Å². The Morgan fingerprint density at radius 2 is 1.52 bits per heavy atom. The van der Waals surface area contributed by atoms with Gasteiger partial charge < -0.3 is 0 Å². The van der Waals surface area contributed by atoms with Gasteiger partial charge in [0.25, 0.3) is 0 Å². The first kappa shape index (κ1) is 11.6. The minimum absolute atomic E-state index is 0.727. The molecule has 3 unspecified atom stereocenters. The van der Waals surface area contributed by atoms with E-state index in [1.807, 2.05) is 0 Å². The monoisotopic (exact) mass is 270 g/mol. The molecule has 2 bridgehead atoms. The Kier molecular flexibility index (Phi) is 2.32. The molecule has 0 heteroatoms. The highest BCUT2D eigenvalue weighted by molar-refractivity contribution is 5.99. The molecule has 0 nitrogen and oxygen atoms in total. The lowest BCUT2D eigenvalue weighted by molar-refractivity contribution is 0.590. The lowest BCUT2D eigenvalue weighted by atomic mass is 9.84. The van der Waals surface area contributed by atoms with Crippen LogP contribution in [-0.4, -0.2) is 0 Å². The summed E-state index contributed by atoms with van der Waals surface area (Å²) in [5, 5.41) is 5.55. The first-order valence-corrected chi connectivity index (χ1v) is 7.98. The molecule has 1 fully saturated rings. The number of hydrogen-bond acceptors (Lipinski definition) is 0. The summed E-state index contributed by atoms with van der Waals surface area (Å²) in [6.45, 7) is 0. The highest BCUT2D eigenvalue weighted by atomic mass is 14.4. The van der Waals surface area contributed by atoms with Crippen LogP contribution in [0.1, 0.15) is 24.3 Å². The molecule has 21 heavy (non-hydrogen) atoms. The van der Waals surface area contributed by atoms with Gasteiger partial charge in [-0.05, 0) is 69.8 Å². The summed E-state index contributed by atoms with van der Waals surface area (Å²) in [5.41, 5.74) is 1.56. The molecule has 3 aromatic rings. The molecule has 1 saturated carbocycles. The first-order chi connectivity index (χ1) is 10.4. The fourth-order valence-electron chi connectivity index (χ4n) is 4.45. The van der Waals surface area contributed by atoms with E-state index in [4.69, 9.17) is 0 Å². The fourth-order valence-corrected chi connectivity index (χ4v) is 4.45. The highest BCUT2D eigenvalue weighted by Crippen LogP contribution is 2.50. The Bertz CT molecular complexity index is 871. The van der Waals surface area contributed by atoms with Crippen LogP contribution in [0.2, 0.25) is 0 Å². The molecule has 0 heterocycles. The van der Waals surface area contributed by atoms with Crippen molar-refractivity contribution in [2.75, 3.05) is 0 Å². The SMILES string of the molecule is C1=CC2CC1CC2c1cccc2cc3ccccc3cc12. The third-order valence-corrected chi connectivity index (χ3v) is 5.46. The summed E-state index contributed by atoms with van der Waals surface area (Å²) >= 11 is 0. The van der Waals surface area contributed by atoms with E-state index in [1.54, 1.807) is 5.56 Å². The fraction of sp³-hybridized carbons (Fsp3) is 0.238. The zero-order valence-corrected chi connectivity index (χ0v) is 12.0. The molecule has 3 aromatic carbocycles. The molecular formula is C21H18. The molecule has 0 amide bonds. The van der Waals surface area contributed by atoms with Gasteiger partial charge in [0.15, 0.2) is 0 Å². The summed E-state index contributed by atoms with van der Waals surface area (Å²) in [6.07, 6.45) is 7.60. The van der Waals surface area contributed by atoms with Crippen LogP contribution in [0.25, 0.3) is 21.5 Å². The maximum absolute atomic E-state index is 2.46. The molecule has 0 aliphatic heterocycles. The largest absolute Gasteiger partial charge is 0.0851 e. The predicted molar refractivity (Wildman–Crippen MR) is 89.5 cm³/mol. The second-order valence-electron chi connectivity index (χ2n) is 6.65. The summed E-state index contributed by atoms with van der Waals surface area (Å²) < 4.78 is 0. The molecule has 0 saturated heterocycles. The zero-order chi connectivity index (χ0) is 13.8. The van der Waals surface area contributed by atoms with E-state index < -0.39 is 0 Å². The van der Waals surface area contributed by atoms with Crippen molar-refractivity contribution in [3.63, 3.8) is 0 Å². The Hall–Kier alpha value is -2.08. The Morgan fingerprint density at radius 3 is 2.29 bits per heavy atom. The van der Waals surface area contributed by atoms with Crippen LogP contribution in [0.3, 0.4) is 0 Å². The summed E-state index contributed by atoms with van der Waals surface area (Å²) in [7, 11) is 0. The highest BCUT2D eigenvalue weighted by Gasteiger charge is 2.36. The van der Waals surface area contributed by atoms with Gasteiger partial charge in [-0.15, -0.1) is 0 Å². The van der Waals surface area contributed by atoms with Crippen molar-refractivity contribution in [1.29, 1.82) is 0 Å². The van der Waals surface area contributed by atoms with Gasteiger partial charge >= 0.3 is 0 Å².